The van der Waals surface area contributed by atoms with Gasteiger partial charge in [0, 0.05) is 17.1 Å². The van der Waals surface area contributed by atoms with Gasteiger partial charge >= 0.3 is 0 Å². The van der Waals surface area contributed by atoms with E-state index in [-0.39, 0.29) is 0 Å². The van der Waals surface area contributed by atoms with Gasteiger partial charge in [0.2, 0.25) is 0 Å². The van der Waals surface area contributed by atoms with Crippen LogP contribution in [0.5, 0.6) is 0 Å². The number of thioether (sulfide) groups is 1. The van der Waals surface area contributed by atoms with Crippen molar-refractivity contribution in [3.8, 4) is 0 Å². The van der Waals surface area contributed by atoms with Crippen LogP contribution in [0.3, 0.4) is 0 Å². The first-order chi connectivity index (χ1) is 8.20. The summed E-state index contributed by atoms with van der Waals surface area (Å²) in [5.74, 6) is 1.70. The second-order valence-corrected chi connectivity index (χ2v) is 4.89. The Balaban J connectivity index is 2.07. The van der Waals surface area contributed by atoms with Crippen molar-refractivity contribution >= 4 is 29.1 Å². The van der Waals surface area contributed by atoms with E-state index in [2.05, 4.69) is 10.1 Å². The summed E-state index contributed by atoms with van der Waals surface area (Å²) in [6.07, 6.45) is 1.57. The normalized spacial score (nSPS) is 10.7. The van der Waals surface area contributed by atoms with E-state index in [9.17, 15) is 0 Å². The zero-order valence-corrected chi connectivity index (χ0v) is 11.0. The maximum Gasteiger partial charge on any atom is 0.138 e. The monoisotopic (exact) mass is 268 g/mol. The van der Waals surface area contributed by atoms with Crippen LogP contribution in [0.4, 0.5) is 5.69 Å². The van der Waals surface area contributed by atoms with E-state index in [1.807, 2.05) is 23.7 Å². The van der Waals surface area contributed by atoms with Gasteiger partial charge < -0.3 is 5.73 Å². The molecule has 0 fully saturated rings. The zero-order valence-electron chi connectivity index (χ0n) is 9.43. The predicted octanol–water partition coefficient (Wildman–Crippen LogP) is 2.83. The van der Waals surface area contributed by atoms with Gasteiger partial charge in [0.05, 0.1) is 10.8 Å². The van der Waals surface area contributed by atoms with E-state index in [4.69, 9.17) is 17.3 Å². The number of hydrogen-bond acceptors (Lipinski definition) is 4. The van der Waals surface area contributed by atoms with E-state index >= 15 is 0 Å². The van der Waals surface area contributed by atoms with Gasteiger partial charge in [0.15, 0.2) is 0 Å². The summed E-state index contributed by atoms with van der Waals surface area (Å²) in [4.78, 5) is 5.22. The molecule has 2 aromatic rings. The standard InChI is InChI=1S/C11H13ClN4S/c1-2-16-11(14-7-15-16)6-17-10-4-3-8(13)5-9(10)12/h3-5,7H,2,6,13H2,1H3. The van der Waals surface area contributed by atoms with E-state index < -0.39 is 0 Å². The first-order valence-corrected chi connectivity index (χ1v) is 6.61. The van der Waals surface area contributed by atoms with Crippen LogP contribution in [0.2, 0.25) is 5.02 Å². The molecule has 17 heavy (non-hydrogen) atoms. The highest BCUT2D eigenvalue weighted by Gasteiger charge is 2.06. The molecule has 0 bridgehead atoms. The SMILES string of the molecule is CCn1ncnc1CSc1ccc(N)cc1Cl. The van der Waals surface area contributed by atoms with Gasteiger partial charge in [0.1, 0.15) is 12.2 Å². The first-order valence-electron chi connectivity index (χ1n) is 5.25. The fourth-order valence-electron chi connectivity index (χ4n) is 1.44. The third kappa shape index (κ3) is 2.92. The van der Waals surface area contributed by atoms with Crippen molar-refractivity contribution in [3.05, 3.63) is 35.4 Å². The largest absolute Gasteiger partial charge is 0.399 e. The van der Waals surface area contributed by atoms with E-state index in [0.29, 0.717) is 10.7 Å². The maximum atomic E-state index is 6.10. The molecule has 1 aromatic heterocycles. The van der Waals surface area contributed by atoms with Gasteiger partial charge in [-0.15, -0.1) is 11.8 Å². The second kappa shape index (κ2) is 5.42. The number of anilines is 1. The molecule has 0 amide bonds. The van der Waals surface area contributed by atoms with Crippen molar-refractivity contribution in [2.45, 2.75) is 24.1 Å². The van der Waals surface area contributed by atoms with Crippen molar-refractivity contribution in [2.75, 3.05) is 5.73 Å². The summed E-state index contributed by atoms with van der Waals surface area (Å²) >= 11 is 7.73. The van der Waals surface area contributed by atoms with Gasteiger partial charge in [-0.1, -0.05) is 11.6 Å². The van der Waals surface area contributed by atoms with E-state index in [1.54, 1.807) is 24.2 Å². The average molecular weight is 269 g/mol. The minimum absolute atomic E-state index is 0.677. The van der Waals surface area contributed by atoms with Crippen molar-refractivity contribution in [3.63, 3.8) is 0 Å². The molecule has 0 aliphatic heterocycles. The van der Waals surface area contributed by atoms with Crippen molar-refractivity contribution in [1.29, 1.82) is 0 Å². The summed E-state index contributed by atoms with van der Waals surface area (Å²) in [7, 11) is 0. The number of hydrogen-bond donors (Lipinski definition) is 1. The molecule has 0 saturated carbocycles. The molecule has 2 rings (SSSR count). The number of rotatable bonds is 4. The molecule has 0 spiro atoms. The Morgan fingerprint density at radius 3 is 3.00 bits per heavy atom. The van der Waals surface area contributed by atoms with E-state index in [0.717, 1.165) is 23.0 Å². The van der Waals surface area contributed by atoms with Crippen LogP contribution in [0, 0.1) is 0 Å². The molecule has 6 heteroatoms. The summed E-state index contributed by atoms with van der Waals surface area (Å²) in [5, 5.41) is 4.80. The van der Waals surface area contributed by atoms with Crippen molar-refractivity contribution in [1.82, 2.24) is 14.8 Å². The molecule has 2 N–H and O–H groups in total. The molecule has 0 unspecified atom stereocenters. The molecule has 4 nitrogen and oxygen atoms in total. The van der Waals surface area contributed by atoms with Gasteiger partial charge in [0.25, 0.3) is 0 Å². The van der Waals surface area contributed by atoms with Gasteiger partial charge in [-0.25, -0.2) is 9.67 Å². The lowest BCUT2D eigenvalue weighted by Gasteiger charge is -2.05. The summed E-state index contributed by atoms with van der Waals surface area (Å²) in [6.45, 7) is 2.87. The number of halogens is 1. The smallest absolute Gasteiger partial charge is 0.138 e. The van der Waals surface area contributed by atoms with Crippen molar-refractivity contribution < 1.29 is 0 Å². The number of benzene rings is 1. The Morgan fingerprint density at radius 1 is 1.47 bits per heavy atom. The Kier molecular flexibility index (Phi) is 3.91. The molecule has 0 aliphatic carbocycles. The molecule has 1 aromatic carbocycles. The lowest BCUT2D eigenvalue weighted by atomic mass is 10.3. The van der Waals surface area contributed by atoms with Gasteiger partial charge in [-0.05, 0) is 25.1 Å². The maximum absolute atomic E-state index is 6.10. The quantitative estimate of drug-likeness (QED) is 0.684. The lowest BCUT2D eigenvalue weighted by Crippen LogP contribution is -2.02. The van der Waals surface area contributed by atoms with Crippen LogP contribution in [0.25, 0.3) is 0 Å². The molecule has 90 valence electrons. The molecular weight excluding hydrogens is 256 g/mol. The Morgan fingerprint density at radius 2 is 2.29 bits per heavy atom. The number of nitrogens with two attached hydrogens (primary N) is 1. The molecule has 0 aliphatic rings. The third-order valence-corrected chi connectivity index (χ3v) is 3.80. The third-order valence-electron chi connectivity index (χ3n) is 2.31. The summed E-state index contributed by atoms with van der Waals surface area (Å²) in [5.41, 5.74) is 6.32. The Labute approximate surface area is 109 Å². The second-order valence-electron chi connectivity index (χ2n) is 3.47. The van der Waals surface area contributed by atoms with Crippen LogP contribution in [0.15, 0.2) is 29.4 Å². The van der Waals surface area contributed by atoms with Crippen molar-refractivity contribution in [2.24, 2.45) is 0 Å². The fraction of sp³-hybridized carbons (Fsp3) is 0.273. The highest BCUT2D eigenvalue weighted by Crippen LogP contribution is 2.30. The van der Waals surface area contributed by atoms with E-state index in [1.165, 1.54) is 0 Å². The van der Waals surface area contributed by atoms with Crippen LogP contribution in [-0.2, 0) is 12.3 Å². The lowest BCUT2D eigenvalue weighted by molar-refractivity contribution is 0.632. The molecule has 0 radical (unpaired) electrons. The first kappa shape index (κ1) is 12.3. The van der Waals surface area contributed by atoms with Crippen LogP contribution < -0.4 is 5.73 Å². The summed E-state index contributed by atoms with van der Waals surface area (Å²) in [6, 6.07) is 5.53. The molecule has 0 saturated heterocycles. The average Bonchev–Trinajstić information content (AvgIpc) is 2.75. The molecule has 1 heterocycles. The summed E-state index contributed by atoms with van der Waals surface area (Å²) < 4.78 is 1.87. The highest BCUT2D eigenvalue weighted by molar-refractivity contribution is 7.98. The van der Waals surface area contributed by atoms with Crippen LogP contribution in [-0.4, -0.2) is 14.8 Å². The van der Waals surface area contributed by atoms with Gasteiger partial charge in [-0.3, -0.25) is 0 Å². The Bertz CT molecular complexity index is 512. The minimum atomic E-state index is 0.677. The topological polar surface area (TPSA) is 56.7 Å². The van der Waals surface area contributed by atoms with Crippen LogP contribution >= 0.6 is 23.4 Å². The predicted molar refractivity (Wildman–Crippen MR) is 71.1 cm³/mol. The number of aromatic nitrogens is 3. The van der Waals surface area contributed by atoms with Gasteiger partial charge in [-0.2, -0.15) is 5.10 Å². The fourth-order valence-corrected chi connectivity index (χ4v) is 2.66. The molecular formula is C11H13ClN4S. The highest BCUT2D eigenvalue weighted by atomic mass is 35.5. The number of nitrogen functional groups attached to an aromatic ring is 1. The zero-order chi connectivity index (χ0) is 12.3. The number of aryl methyl sites for hydroxylation is 1. The minimum Gasteiger partial charge on any atom is -0.399 e. The van der Waals surface area contributed by atoms with Crippen LogP contribution in [0.1, 0.15) is 12.7 Å². The molecule has 0 atom stereocenters. The number of nitrogens with zero attached hydrogens (tertiary/aromatic N) is 3. The Hall–Kier alpha value is -1.20.